The lowest BCUT2D eigenvalue weighted by atomic mass is 10.0. The highest BCUT2D eigenvalue weighted by Crippen LogP contribution is 2.27. The Kier molecular flexibility index (Phi) is 5.38. The first-order valence-electron chi connectivity index (χ1n) is 6.66. The molecular weight excluding hydrogens is 272 g/mol. The first kappa shape index (κ1) is 14.8. The second-order valence-corrected chi connectivity index (χ2v) is 5.54. The lowest BCUT2D eigenvalue weighted by molar-refractivity contribution is 0.299. The van der Waals surface area contributed by atoms with E-state index in [2.05, 4.69) is 11.9 Å². The lowest BCUT2D eigenvalue weighted by Gasteiger charge is -2.15. The van der Waals surface area contributed by atoms with Gasteiger partial charge in [-0.25, -0.2) is 4.98 Å². The van der Waals surface area contributed by atoms with Gasteiger partial charge in [0, 0.05) is 23.7 Å². The smallest absolute Gasteiger partial charge is 0.140 e. The number of nitrogens with two attached hydrogens (primary N) is 1. The van der Waals surface area contributed by atoms with Gasteiger partial charge in [-0.05, 0) is 24.5 Å². The van der Waals surface area contributed by atoms with Gasteiger partial charge in [-0.15, -0.1) is 11.3 Å². The van der Waals surface area contributed by atoms with Gasteiger partial charge >= 0.3 is 0 Å². The normalized spacial score (nSPS) is 12.2. The van der Waals surface area contributed by atoms with E-state index in [4.69, 9.17) is 15.2 Å². The molecule has 0 aliphatic heterocycles. The zero-order chi connectivity index (χ0) is 14.4. The second-order valence-electron chi connectivity index (χ2n) is 4.56. The van der Waals surface area contributed by atoms with E-state index >= 15 is 0 Å². The molecule has 1 heterocycles. The standard InChI is InChI=1S/C15H20N2O2S/c1-3-12(16)8-11-4-5-13(18-2)9-14(11)19-10-15-17-6-7-20-15/h4-7,9,12H,3,8,10,16H2,1-2H3. The molecule has 5 heteroatoms. The monoisotopic (exact) mass is 292 g/mol. The van der Waals surface area contributed by atoms with E-state index in [1.165, 1.54) is 0 Å². The second kappa shape index (κ2) is 7.26. The molecule has 4 nitrogen and oxygen atoms in total. The molecule has 1 unspecified atom stereocenters. The van der Waals surface area contributed by atoms with E-state index < -0.39 is 0 Å². The highest BCUT2D eigenvalue weighted by molar-refractivity contribution is 7.09. The third-order valence-electron chi connectivity index (χ3n) is 3.12. The molecule has 0 radical (unpaired) electrons. The quantitative estimate of drug-likeness (QED) is 0.852. The van der Waals surface area contributed by atoms with Crippen LogP contribution < -0.4 is 15.2 Å². The number of methoxy groups -OCH3 is 1. The van der Waals surface area contributed by atoms with Crippen LogP contribution in [0.5, 0.6) is 11.5 Å². The van der Waals surface area contributed by atoms with Crippen molar-refractivity contribution < 1.29 is 9.47 Å². The summed E-state index contributed by atoms with van der Waals surface area (Å²) in [6.07, 6.45) is 3.52. The molecule has 0 saturated heterocycles. The first-order chi connectivity index (χ1) is 9.72. The predicted molar refractivity (Wildman–Crippen MR) is 81.4 cm³/mol. The molecule has 1 aromatic carbocycles. The van der Waals surface area contributed by atoms with Gasteiger partial charge in [0.25, 0.3) is 0 Å². The van der Waals surface area contributed by atoms with E-state index in [1.807, 2.05) is 23.6 Å². The maximum Gasteiger partial charge on any atom is 0.140 e. The summed E-state index contributed by atoms with van der Waals surface area (Å²) in [5.74, 6) is 1.61. The summed E-state index contributed by atoms with van der Waals surface area (Å²) < 4.78 is 11.1. The number of aromatic nitrogens is 1. The van der Waals surface area contributed by atoms with E-state index in [-0.39, 0.29) is 6.04 Å². The molecular formula is C15H20N2O2S. The molecule has 1 atom stereocenters. The van der Waals surface area contributed by atoms with Crippen molar-refractivity contribution in [2.24, 2.45) is 5.73 Å². The summed E-state index contributed by atoms with van der Waals surface area (Å²) in [6.45, 7) is 2.56. The molecule has 0 aliphatic carbocycles. The molecule has 0 spiro atoms. The molecule has 20 heavy (non-hydrogen) atoms. The van der Waals surface area contributed by atoms with Crippen LogP contribution in [0.4, 0.5) is 0 Å². The van der Waals surface area contributed by atoms with Crippen LogP contribution in [-0.4, -0.2) is 18.1 Å². The Morgan fingerprint density at radius 2 is 2.25 bits per heavy atom. The van der Waals surface area contributed by atoms with Gasteiger partial charge in [-0.1, -0.05) is 13.0 Å². The van der Waals surface area contributed by atoms with Crippen LogP contribution >= 0.6 is 11.3 Å². The summed E-state index contributed by atoms with van der Waals surface area (Å²) in [5, 5.41) is 2.90. The summed E-state index contributed by atoms with van der Waals surface area (Å²) in [6, 6.07) is 6.01. The molecule has 0 bridgehead atoms. The summed E-state index contributed by atoms with van der Waals surface area (Å²) in [4.78, 5) is 4.22. The minimum absolute atomic E-state index is 0.144. The van der Waals surface area contributed by atoms with Crippen molar-refractivity contribution >= 4 is 11.3 Å². The van der Waals surface area contributed by atoms with Crippen LogP contribution in [0.1, 0.15) is 23.9 Å². The Morgan fingerprint density at radius 3 is 2.90 bits per heavy atom. The minimum Gasteiger partial charge on any atom is -0.497 e. The number of thiazole rings is 1. The van der Waals surface area contributed by atoms with E-state index in [9.17, 15) is 0 Å². The van der Waals surface area contributed by atoms with Crippen LogP contribution in [0.15, 0.2) is 29.8 Å². The van der Waals surface area contributed by atoms with Crippen molar-refractivity contribution in [3.05, 3.63) is 40.3 Å². The Balaban J connectivity index is 2.13. The Bertz CT molecular complexity index is 529. The van der Waals surface area contributed by atoms with Gasteiger partial charge in [0.05, 0.1) is 7.11 Å². The van der Waals surface area contributed by atoms with Crippen LogP contribution in [0.2, 0.25) is 0 Å². The molecule has 1 aromatic heterocycles. The number of ether oxygens (including phenoxy) is 2. The fourth-order valence-electron chi connectivity index (χ4n) is 1.86. The highest BCUT2D eigenvalue weighted by Gasteiger charge is 2.10. The largest absolute Gasteiger partial charge is 0.497 e. The summed E-state index contributed by atoms with van der Waals surface area (Å²) in [7, 11) is 1.65. The van der Waals surface area contributed by atoms with Gasteiger partial charge < -0.3 is 15.2 Å². The van der Waals surface area contributed by atoms with Crippen LogP contribution in [0.25, 0.3) is 0 Å². The van der Waals surface area contributed by atoms with Gasteiger partial charge in [-0.2, -0.15) is 0 Å². The fourth-order valence-corrected chi connectivity index (χ4v) is 2.38. The first-order valence-corrected chi connectivity index (χ1v) is 7.54. The van der Waals surface area contributed by atoms with Crippen LogP contribution in [0.3, 0.4) is 0 Å². The summed E-state index contributed by atoms with van der Waals surface area (Å²) >= 11 is 1.58. The van der Waals surface area contributed by atoms with Crippen molar-refractivity contribution in [1.82, 2.24) is 4.98 Å². The van der Waals surface area contributed by atoms with Gasteiger partial charge in [0.15, 0.2) is 0 Å². The molecule has 0 saturated carbocycles. The topological polar surface area (TPSA) is 57.4 Å². The fraction of sp³-hybridized carbons (Fsp3) is 0.400. The number of nitrogens with zero attached hydrogens (tertiary/aromatic N) is 1. The average molecular weight is 292 g/mol. The van der Waals surface area contributed by atoms with Gasteiger partial charge in [0.1, 0.15) is 23.1 Å². The van der Waals surface area contributed by atoms with E-state index in [1.54, 1.807) is 24.6 Å². The molecule has 0 amide bonds. The minimum atomic E-state index is 0.144. The zero-order valence-corrected chi connectivity index (χ0v) is 12.7. The highest BCUT2D eigenvalue weighted by atomic mass is 32.1. The van der Waals surface area contributed by atoms with E-state index in [0.29, 0.717) is 6.61 Å². The molecule has 2 aromatic rings. The lowest BCUT2D eigenvalue weighted by Crippen LogP contribution is -2.21. The third-order valence-corrected chi connectivity index (χ3v) is 3.87. The maximum atomic E-state index is 6.04. The van der Waals surface area contributed by atoms with Crippen molar-refractivity contribution in [3.8, 4) is 11.5 Å². The zero-order valence-electron chi connectivity index (χ0n) is 11.8. The Labute approximate surface area is 123 Å². The Hall–Kier alpha value is -1.59. The van der Waals surface area contributed by atoms with Crippen molar-refractivity contribution in [2.45, 2.75) is 32.4 Å². The number of hydrogen-bond acceptors (Lipinski definition) is 5. The number of hydrogen-bond donors (Lipinski definition) is 1. The molecule has 0 aliphatic rings. The summed E-state index contributed by atoms with van der Waals surface area (Å²) in [5.41, 5.74) is 7.15. The van der Waals surface area contributed by atoms with Gasteiger partial charge in [-0.3, -0.25) is 0 Å². The molecule has 2 N–H and O–H groups in total. The SMILES string of the molecule is CCC(N)Cc1ccc(OC)cc1OCc1nccs1. The molecule has 2 rings (SSSR count). The van der Waals surface area contributed by atoms with E-state index in [0.717, 1.165) is 34.9 Å². The molecule has 108 valence electrons. The number of benzene rings is 1. The Morgan fingerprint density at radius 1 is 1.40 bits per heavy atom. The average Bonchev–Trinajstić information content (AvgIpc) is 2.99. The van der Waals surface area contributed by atoms with Crippen LogP contribution in [0, 0.1) is 0 Å². The van der Waals surface area contributed by atoms with Gasteiger partial charge in [0.2, 0.25) is 0 Å². The van der Waals surface area contributed by atoms with Crippen molar-refractivity contribution in [3.63, 3.8) is 0 Å². The third kappa shape index (κ3) is 3.95. The predicted octanol–water partition coefficient (Wildman–Crippen LogP) is 3.01. The molecule has 0 fully saturated rings. The van der Waals surface area contributed by atoms with Crippen molar-refractivity contribution in [1.29, 1.82) is 0 Å². The van der Waals surface area contributed by atoms with Crippen LogP contribution in [-0.2, 0) is 13.0 Å². The van der Waals surface area contributed by atoms with Crippen molar-refractivity contribution in [2.75, 3.05) is 7.11 Å². The number of rotatable bonds is 7. The maximum absolute atomic E-state index is 6.04.